The van der Waals surface area contributed by atoms with Gasteiger partial charge in [0.05, 0.1) is 0 Å². The molecule has 2 heterocycles. The molecule has 2 aliphatic heterocycles. The van der Waals surface area contributed by atoms with Crippen LogP contribution in [0.15, 0.2) is 24.3 Å². The van der Waals surface area contributed by atoms with Crippen molar-refractivity contribution in [3.05, 3.63) is 29.8 Å². The topological polar surface area (TPSA) is 40.6 Å². The van der Waals surface area contributed by atoms with Gasteiger partial charge in [-0.15, -0.1) is 0 Å². The van der Waals surface area contributed by atoms with Gasteiger partial charge < -0.3 is 9.80 Å². The molecule has 0 saturated carbocycles. The summed E-state index contributed by atoms with van der Waals surface area (Å²) in [6.07, 6.45) is 5.40. The normalized spacial score (nSPS) is 18.3. The Bertz CT molecular complexity index is 533. The molecule has 0 bridgehead atoms. The van der Waals surface area contributed by atoms with Gasteiger partial charge in [0.25, 0.3) is 0 Å². The van der Waals surface area contributed by atoms with Gasteiger partial charge in [0.1, 0.15) is 6.42 Å². The Morgan fingerprint density at radius 1 is 0.905 bits per heavy atom. The second-order valence-corrected chi connectivity index (χ2v) is 5.90. The van der Waals surface area contributed by atoms with E-state index in [1.807, 2.05) is 23.1 Å². The summed E-state index contributed by atoms with van der Waals surface area (Å²) in [7, 11) is 0. The number of hydrogen-bond acceptors (Lipinski definition) is 2. The number of para-hydroxylation sites is 1. The zero-order valence-electron chi connectivity index (χ0n) is 12.4. The molecular weight excluding hydrogens is 264 g/mol. The van der Waals surface area contributed by atoms with Gasteiger partial charge in [-0.25, -0.2) is 0 Å². The molecule has 1 fully saturated rings. The summed E-state index contributed by atoms with van der Waals surface area (Å²) in [6, 6.07) is 7.96. The molecule has 0 atom stereocenters. The molecule has 0 radical (unpaired) electrons. The first-order valence-electron chi connectivity index (χ1n) is 7.92. The molecule has 1 aromatic rings. The van der Waals surface area contributed by atoms with Crippen LogP contribution in [0.25, 0.3) is 0 Å². The SMILES string of the molecule is O=C(CC(=O)N1CCc2ccccc21)N1CCCCCC1. The number of carbonyl (C=O) groups is 2. The number of likely N-dealkylation sites (tertiary alicyclic amines) is 1. The van der Waals surface area contributed by atoms with Crippen molar-refractivity contribution in [2.75, 3.05) is 24.5 Å². The average Bonchev–Trinajstić information content (AvgIpc) is 2.73. The minimum absolute atomic E-state index is 0.00807. The Kier molecular flexibility index (Phi) is 4.23. The van der Waals surface area contributed by atoms with Crippen LogP contribution < -0.4 is 4.90 Å². The fraction of sp³-hybridized carbons (Fsp3) is 0.529. The molecule has 1 aromatic carbocycles. The number of fused-ring (bicyclic) bond motifs is 1. The molecule has 1 saturated heterocycles. The van der Waals surface area contributed by atoms with E-state index in [1.165, 1.54) is 18.4 Å². The summed E-state index contributed by atoms with van der Waals surface area (Å²) in [6.45, 7) is 2.32. The first-order valence-corrected chi connectivity index (χ1v) is 7.92. The molecule has 2 aliphatic rings. The summed E-state index contributed by atoms with van der Waals surface area (Å²) < 4.78 is 0. The van der Waals surface area contributed by atoms with Gasteiger partial charge in [0.2, 0.25) is 11.8 Å². The van der Waals surface area contributed by atoms with Crippen molar-refractivity contribution >= 4 is 17.5 Å². The zero-order chi connectivity index (χ0) is 14.7. The number of benzene rings is 1. The van der Waals surface area contributed by atoms with Crippen molar-refractivity contribution in [3.8, 4) is 0 Å². The Morgan fingerprint density at radius 2 is 1.62 bits per heavy atom. The van der Waals surface area contributed by atoms with Gasteiger partial charge in [-0.1, -0.05) is 31.0 Å². The number of carbonyl (C=O) groups excluding carboxylic acids is 2. The number of anilines is 1. The van der Waals surface area contributed by atoms with E-state index < -0.39 is 0 Å². The van der Waals surface area contributed by atoms with Crippen molar-refractivity contribution in [1.82, 2.24) is 4.90 Å². The molecule has 3 rings (SSSR count). The zero-order valence-corrected chi connectivity index (χ0v) is 12.4. The molecule has 112 valence electrons. The number of amides is 2. The second-order valence-electron chi connectivity index (χ2n) is 5.90. The van der Waals surface area contributed by atoms with Crippen molar-refractivity contribution in [2.24, 2.45) is 0 Å². The average molecular weight is 286 g/mol. The van der Waals surface area contributed by atoms with E-state index in [2.05, 4.69) is 6.07 Å². The predicted octanol–water partition coefficient (Wildman–Crippen LogP) is 2.37. The van der Waals surface area contributed by atoms with Crippen molar-refractivity contribution in [3.63, 3.8) is 0 Å². The summed E-state index contributed by atoms with van der Waals surface area (Å²) >= 11 is 0. The smallest absolute Gasteiger partial charge is 0.236 e. The van der Waals surface area contributed by atoms with E-state index in [-0.39, 0.29) is 18.2 Å². The molecule has 0 spiro atoms. The minimum Gasteiger partial charge on any atom is -0.342 e. The summed E-state index contributed by atoms with van der Waals surface area (Å²) in [5.41, 5.74) is 2.18. The second kappa shape index (κ2) is 6.29. The maximum atomic E-state index is 12.4. The van der Waals surface area contributed by atoms with E-state index in [0.29, 0.717) is 6.54 Å². The Balaban J connectivity index is 1.63. The van der Waals surface area contributed by atoms with Gasteiger partial charge in [0, 0.05) is 25.3 Å². The Hall–Kier alpha value is -1.84. The van der Waals surface area contributed by atoms with Crippen LogP contribution >= 0.6 is 0 Å². The van der Waals surface area contributed by atoms with Gasteiger partial charge >= 0.3 is 0 Å². The lowest BCUT2D eigenvalue weighted by Crippen LogP contribution is -2.38. The molecule has 0 unspecified atom stereocenters. The van der Waals surface area contributed by atoms with Gasteiger partial charge in [0.15, 0.2) is 0 Å². The van der Waals surface area contributed by atoms with Crippen LogP contribution in [0.1, 0.15) is 37.7 Å². The summed E-state index contributed by atoms with van der Waals surface area (Å²) in [4.78, 5) is 28.4. The Labute approximate surface area is 125 Å². The van der Waals surface area contributed by atoms with Crippen LogP contribution in [-0.2, 0) is 16.0 Å². The molecule has 0 aromatic heterocycles. The molecule has 0 N–H and O–H groups in total. The third-order valence-corrected chi connectivity index (χ3v) is 4.45. The highest BCUT2D eigenvalue weighted by atomic mass is 16.2. The largest absolute Gasteiger partial charge is 0.342 e. The van der Waals surface area contributed by atoms with E-state index in [9.17, 15) is 9.59 Å². The van der Waals surface area contributed by atoms with Gasteiger partial charge in [-0.05, 0) is 30.9 Å². The number of nitrogens with zero attached hydrogens (tertiary/aromatic N) is 2. The third-order valence-electron chi connectivity index (χ3n) is 4.45. The highest BCUT2D eigenvalue weighted by molar-refractivity contribution is 6.05. The predicted molar refractivity (Wildman–Crippen MR) is 82.2 cm³/mol. The number of rotatable bonds is 2. The maximum Gasteiger partial charge on any atom is 0.236 e. The monoisotopic (exact) mass is 286 g/mol. The van der Waals surface area contributed by atoms with Crippen LogP contribution in [0.4, 0.5) is 5.69 Å². The van der Waals surface area contributed by atoms with Crippen LogP contribution in [-0.4, -0.2) is 36.3 Å². The molecule has 4 nitrogen and oxygen atoms in total. The highest BCUT2D eigenvalue weighted by Gasteiger charge is 2.27. The first kappa shape index (κ1) is 14.1. The van der Waals surface area contributed by atoms with E-state index in [0.717, 1.165) is 38.0 Å². The fourth-order valence-corrected chi connectivity index (χ4v) is 3.25. The lowest BCUT2D eigenvalue weighted by atomic mass is 10.2. The fourth-order valence-electron chi connectivity index (χ4n) is 3.25. The van der Waals surface area contributed by atoms with Crippen LogP contribution in [0, 0.1) is 0 Å². The highest BCUT2D eigenvalue weighted by Crippen LogP contribution is 2.28. The Morgan fingerprint density at radius 3 is 2.38 bits per heavy atom. The quantitative estimate of drug-likeness (QED) is 0.783. The maximum absolute atomic E-state index is 12.4. The molecule has 21 heavy (non-hydrogen) atoms. The lowest BCUT2D eigenvalue weighted by Gasteiger charge is -2.22. The van der Waals surface area contributed by atoms with E-state index in [4.69, 9.17) is 0 Å². The van der Waals surface area contributed by atoms with Crippen LogP contribution in [0.3, 0.4) is 0 Å². The van der Waals surface area contributed by atoms with Crippen molar-refractivity contribution in [2.45, 2.75) is 38.5 Å². The van der Waals surface area contributed by atoms with E-state index >= 15 is 0 Å². The standard InChI is InChI=1S/C17H22N2O2/c20-16(18-10-5-1-2-6-11-18)13-17(21)19-12-9-14-7-3-4-8-15(14)19/h3-4,7-8H,1-2,5-6,9-13H2. The molecule has 2 amide bonds. The lowest BCUT2D eigenvalue weighted by molar-refractivity contribution is -0.135. The van der Waals surface area contributed by atoms with Gasteiger partial charge in [-0.3, -0.25) is 9.59 Å². The minimum atomic E-state index is -0.0609. The summed E-state index contributed by atoms with van der Waals surface area (Å²) in [5, 5.41) is 0. The molecule has 4 heteroatoms. The third kappa shape index (κ3) is 3.09. The van der Waals surface area contributed by atoms with Crippen LogP contribution in [0.2, 0.25) is 0 Å². The van der Waals surface area contributed by atoms with Gasteiger partial charge in [-0.2, -0.15) is 0 Å². The first-order chi connectivity index (χ1) is 10.3. The van der Waals surface area contributed by atoms with Crippen molar-refractivity contribution < 1.29 is 9.59 Å². The molecule has 0 aliphatic carbocycles. The van der Waals surface area contributed by atoms with Crippen LogP contribution in [0.5, 0.6) is 0 Å². The van der Waals surface area contributed by atoms with E-state index in [1.54, 1.807) is 4.90 Å². The molecular formula is C17H22N2O2. The van der Waals surface area contributed by atoms with Crippen molar-refractivity contribution in [1.29, 1.82) is 0 Å². The number of hydrogen-bond donors (Lipinski definition) is 0. The summed E-state index contributed by atoms with van der Waals surface area (Å²) in [5.74, 6) is -0.0690.